The van der Waals surface area contributed by atoms with Crippen molar-refractivity contribution < 1.29 is 17.7 Å². The topological polar surface area (TPSA) is 107 Å². The summed E-state index contributed by atoms with van der Waals surface area (Å²) in [4.78, 5) is 16.0. The van der Waals surface area contributed by atoms with Crippen LogP contribution in [-0.2, 0) is 23.5 Å². The summed E-state index contributed by atoms with van der Waals surface area (Å²) in [6.45, 7) is 6.83. The molecule has 8 nitrogen and oxygen atoms in total. The zero-order valence-corrected chi connectivity index (χ0v) is 17.2. The Bertz CT molecular complexity index is 1160. The maximum absolute atomic E-state index is 13.2. The molecule has 0 amide bonds. The van der Waals surface area contributed by atoms with Crippen molar-refractivity contribution >= 4 is 21.5 Å². The number of hydrogen-bond donors (Lipinski definition) is 1. The Morgan fingerprint density at radius 1 is 1.25 bits per heavy atom. The van der Waals surface area contributed by atoms with Crippen LogP contribution in [0.1, 0.15) is 41.4 Å². The van der Waals surface area contributed by atoms with Crippen LogP contribution < -0.4 is 4.72 Å². The fourth-order valence-electron chi connectivity index (χ4n) is 3.00. The molecule has 1 aromatic carbocycles. The van der Waals surface area contributed by atoms with Crippen molar-refractivity contribution in [3.8, 4) is 11.5 Å². The molecule has 3 aromatic rings. The van der Waals surface area contributed by atoms with Crippen molar-refractivity contribution in [2.45, 2.75) is 39.0 Å². The standard InChI is InChI=1S/C19H22N4O4S/c1-6-16-20-19(27-21-16)17-11(2)23(5)12(3)18(17)28(25,26)22-15-9-7-8-14(10-15)13(4)24/h7-10,22H,6H2,1-5H3. The van der Waals surface area contributed by atoms with E-state index in [2.05, 4.69) is 14.9 Å². The molecule has 0 aliphatic carbocycles. The summed E-state index contributed by atoms with van der Waals surface area (Å²) in [6, 6.07) is 6.36. The molecular weight excluding hydrogens is 380 g/mol. The maximum atomic E-state index is 13.2. The van der Waals surface area contributed by atoms with Gasteiger partial charge in [0, 0.05) is 36.1 Å². The smallest absolute Gasteiger partial charge is 0.264 e. The predicted molar refractivity (Wildman–Crippen MR) is 105 cm³/mol. The van der Waals surface area contributed by atoms with Gasteiger partial charge in [-0.2, -0.15) is 4.98 Å². The molecule has 148 valence electrons. The van der Waals surface area contributed by atoms with Crippen molar-refractivity contribution in [1.29, 1.82) is 0 Å². The number of benzene rings is 1. The minimum atomic E-state index is -3.97. The summed E-state index contributed by atoms with van der Waals surface area (Å²) in [7, 11) is -2.20. The van der Waals surface area contributed by atoms with E-state index in [1.54, 1.807) is 43.7 Å². The number of carbonyl (C=O) groups is 1. The number of carbonyl (C=O) groups excluding carboxylic acids is 1. The highest BCUT2D eigenvalue weighted by Crippen LogP contribution is 2.35. The van der Waals surface area contributed by atoms with Gasteiger partial charge in [-0.3, -0.25) is 9.52 Å². The Morgan fingerprint density at radius 3 is 2.57 bits per heavy atom. The van der Waals surface area contributed by atoms with Crippen molar-refractivity contribution in [1.82, 2.24) is 14.7 Å². The highest BCUT2D eigenvalue weighted by Gasteiger charge is 2.31. The second-order valence-corrected chi connectivity index (χ2v) is 8.17. The van der Waals surface area contributed by atoms with Gasteiger partial charge in [0.15, 0.2) is 11.6 Å². The third-order valence-electron chi connectivity index (χ3n) is 4.71. The first-order chi connectivity index (χ1) is 13.2. The summed E-state index contributed by atoms with van der Waals surface area (Å²) < 4.78 is 36.1. The number of hydrogen-bond acceptors (Lipinski definition) is 6. The number of nitrogens with one attached hydrogen (secondary N) is 1. The Balaban J connectivity index is 2.13. The first kappa shape index (κ1) is 19.8. The average Bonchev–Trinajstić information content (AvgIpc) is 3.20. The van der Waals surface area contributed by atoms with Gasteiger partial charge in [-0.05, 0) is 32.9 Å². The van der Waals surface area contributed by atoms with Crippen LogP contribution in [0.5, 0.6) is 0 Å². The lowest BCUT2D eigenvalue weighted by molar-refractivity contribution is 0.101. The Morgan fingerprint density at radius 2 is 1.96 bits per heavy atom. The van der Waals surface area contributed by atoms with E-state index in [-0.39, 0.29) is 16.6 Å². The highest BCUT2D eigenvalue weighted by molar-refractivity contribution is 7.93. The van der Waals surface area contributed by atoms with Gasteiger partial charge in [-0.25, -0.2) is 8.42 Å². The third kappa shape index (κ3) is 3.45. The van der Waals surface area contributed by atoms with Crippen molar-refractivity contribution in [3.63, 3.8) is 0 Å². The molecule has 3 rings (SSSR count). The lowest BCUT2D eigenvalue weighted by Gasteiger charge is -2.10. The minimum Gasteiger partial charge on any atom is -0.350 e. The summed E-state index contributed by atoms with van der Waals surface area (Å²) in [6.07, 6.45) is 0.576. The van der Waals surface area contributed by atoms with E-state index in [1.807, 2.05) is 6.92 Å². The van der Waals surface area contributed by atoms with Gasteiger partial charge in [0.05, 0.1) is 5.56 Å². The van der Waals surface area contributed by atoms with Gasteiger partial charge in [0.25, 0.3) is 15.9 Å². The van der Waals surface area contributed by atoms with E-state index in [0.717, 1.165) is 0 Å². The van der Waals surface area contributed by atoms with Crippen LogP contribution in [0, 0.1) is 13.8 Å². The van der Waals surface area contributed by atoms with Gasteiger partial charge in [0.2, 0.25) is 0 Å². The third-order valence-corrected chi connectivity index (χ3v) is 6.25. The van der Waals surface area contributed by atoms with Crippen LogP contribution in [0.4, 0.5) is 5.69 Å². The fourth-order valence-corrected chi connectivity index (χ4v) is 4.57. The second-order valence-electron chi connectivity index (χ2n) is 6.55. The van der Waals surface area contributed by atoms with Crippen LogP contribution >= 0.6 is 0 Å². The van der Waals surface area contributed by atoms with Gasteiger partial charge < -0.3 is 9.09 Å². The SMILES string of the molecule is CCc1noc(-c2c(S(=O)(=O)Nc3cccc(C(C)=O)c3)c(C)n(C)c2C)n1. The molecule has 0 unspecified atom stereocenters. The van der Waals surface area contributed by atoms with Gasteiger partial charge in [-0.15, -0.1) is 0 Å². The first-order valence-corrected chi connectivity index (χ1v) is 10.3. The monoisotopic (exact) mass is 402 g/mol. The molecule has 0 radical (unpaired) electrons. The molecular formula is C19H22N4O4S. The van der Waals surface area contributed by atoms with Crippen molar-refractivity contribution in [2.24, 2.45) is 7.05 Å². The van der Waals surface area contributed by atoms with Crippen molar-refractivity contribution in [2.75, 3.05) is 4.72 Å². The van der Waals surface area contributed by atoms with Gasteiger partial charge in [-0.1, -0.05) is 24.2 Å². The molecule has 0 saturated heterocycles. The molecule has 0 bridgehead atoms. The Labute approximate surface area is 163 Å². The normalized spacial score (nSPS) is 11.6. The van der Waals surface area contributed by atoms with E-state index >= 15 is 0 Å². The fraction of sp³-hybridized carbons (Fsp3) is 0.316. The van der Waals surface area contributed by atoms with E-state index in [1.165, 1.54) is 13.0 Å². The molecule has 0 atom stereocenters. The van der Waals surface area contributed by atoms with E-state index in [4.69, 9.17) is 4.52 Å². The number of aromatic nitrogens is 3. The Kier molecular flexibility index (Phi) is 5.12. The first-order valence-electron chi connectivity index (χ1n) is 8.78. The number of sulfonamides is 1. The van der Waals surface area contributed by atoms with E-state index in [0.29, 0.717) is 40.4 Å². The van der Waals surface area contributed by atoms with Crippen LogP contribution in [0.2, 0.25) is 0 Å². The molecule has 0 fully saturated rings. The molecule has 0 aliphatic rings. The summed E-state index contributed by atoms with van der Waals surface area (Å²) in [5, 5.41) is 3.88. The molecule has 1 N–H and O–H groups in total. The van der Waals surface area contributed by atoms with Crippen LogP contribution in [0.3, 0.4) is 0 Å². The molecule has 9 heteroatoms. The summed E-state index contributed by atoms with van der Waals surface area (Å²) >= 11 is 0. The zero-order valence-electron chi connectivity index (χ0n) is 16.4. The molecule has 2 aromatic heterocycles. The number of Topliss-reactive ketones (excluding diaryl/α,β-unsaturated/α-hetero) is 1. The van der Waals surface area contributed by atoms with E-state index < -0.39 is 10.0 Å². The number of ketones is 1. The number of rotatable bonds is 6. The summed E-state index contributed by atoms with van der Waals surface area (Å²) in [5.41, 5.74) is 2.34. The quantitative estimate of drug-likeness (QED) is 0.634. The number of aryl methyl sites for hydroxylation is 1. The van der Waals surface area contributed by atoms with Crippen LogP contribution in [0.15, 0.2) is 33.7 Å². The number of nitrogens with zero attached hydrogens (tertiary/aromatic N) is 3. The molecule has 28 heavy (non-hydrogen) atoms. The molecule has 2 heterocycles. The molecule has 0 aliphatic heterocycles. The molecule has 0 saturated carbocycles. The van der Waals surface area contributed by atoms with Gasteiger partial charge in [0.1, 0.15) is 4.90 Å². The van der Waals surface area contributed by atoms with Gasteiger partial charge >= 0.3 is 0 Å². The van der Waals surface area contributed by atoms with E-state index in [9.17, 15) is 13.2 Å². The highest BCUT2D eigenvalue weighted by atomic mass is 32.2. The average molecular weight is 402 g/mol. The maximum Gasteiger partial charge on any atom is 0.264 e. The number of anilines is 1. The summed E-state index contributed by atoms with van der Waals surface area (Å²) in [5.74, 6) is 0.517. The minimum absolute atomic E-state index is 0.0760. The molecule has 0 spiro atoms. The predicted octanol–water partition coefficient (Wildman–Crippen LogP) is 3.26. The lowest BCUT2D eigenvalue weighted by Crippen LogP contribution is -2.15. The van der Waals surface area contributed by atoms with Crippen molar-refractivity contribution in [3.05, 3.63) is 47.0 Å². The van der Waals surface area contributed by atoms with Crippen LogP contribution in [-0.4, -0.2) is 28.9 Å². The van der Waals surface area contributed by atoms with Crippen LogP contribution in [0.25, 0.3) is 11.5 Å². The largest absolute Gasteiger partial charge is 0.350 e. The lowest BCUT2D eigenvalue weighted by atomic mass is 10.1. The second kappa shape index (κ2) is 7.23. The Hall–Kier alpha value is -2.94. The zero-order chi connectivity index (χ0) is 20.6.